The Hall–Kier alpha value is -3.81. The lowest BCUT2D eigenvalue weighted by Crippen LogP contribution is -2.40. The van der Waals surface area contributed by atoms with Gasteiger partial charge >= 0.3 is 11.3 Å². The van der Waals surface area contributed by atoms with Gasteiger partial charge in [0, 0.05) is 42.6 Å². The first-order valence-electron chi connectivity index (χ1n) is 11.5. The summed E-state index contributed by atoms with van der Waals surface area (Å²) >= 11 is 0. The number of aromatic amines is 1. The quantitative estimate of drug-likeness (QED) is 0.459. The fourth-order valence-corrected chi connectivity index (χ4v) is 4.99. The van der Waals surface area contributed by atoms with Gasteiger partial charge in [-0.2, -0.15) is 0 Å². The Bertz CT molecular complexity index is 1490. The molecule has 8 nitrogen and oxygen atoms in total. The van der Waals surface area contributed by atoms with Gasteiger partial charge in [0.05, 0.1) is 18.1 Å². The van der Waals surface area contributed by atoms with Crippen LogP contribution in [0.15, 0.2) is 56.5 Å². The SMILES string of the molecule is COc1ccc2c(C)c(CCC(=O)N3CCC(n4c(=O)[nH]c5ccccc54)CC3)c(=O)oc2c1. The van der Waals surface area contributed by atoms with Crippen LogP contribution in [0.5, 0.6) is 5.75 Å². The van der Waals surface area contributed by atoms with Gasteiger partial charge in [-0.1, -0.05) is 12.1 Å². The molecule has 1 aliphatic rings. The van der Waals surface area contributed by atoms with Crippen molar-refractivity contribution in [1.82, 2.24) is 14.5 Å². The number of amides is 1. The predicted molar refractivity (Wildman–Crippen MR) is 130 cm³/mol. The van der Waals surface area contributed by atoms with Gasteiger partial charge in [0.1, 0.15) is 11.3 Å². The number of ether oxygens (including phenoxy) is 1. The van der Waals surface area contributed by atoms with E-state index in [0.29, 0.717) is 49.2 Å². The van der Waals surface area contributed by atoms with Crippen LogP contribution in [0, 0.1) is 6.92 Å². The zero-order valence-electron chi connectivity index (χ0n) is 19.3. The molecular formula is C26H27N3O5. The Morgan fingerprint density at radius 3 is 2.68 bits per heavy atom. The lowest BCUT2D eigenvalue weighted by molar-refractivity contribution is -0.132. The topological polar surface area (TPSA) is 97.5 Å². The maximum atomic E-state index is 12.9. The lowest BCUT2D eigenvalue weighted by Gasteiger charge is -2.32. The number of hydrogen-bond acceptors (Lipinski definition) is 5. The van der Waals surface area contributed by atoms with E-state index >= 15 is 0 Å². The molecule has 0 radical (unpaired) electrons. The normalized spacial score (nSPS) is 14.7. The van der Waals surface area contributed by atoms with Crippen molar-refractivity contribution in [3.8, 4) is 5.75 Å². The number of para-hydroxylation sites is 2. The molecule has 0 aliphatic carbocycles. The molecular weight excluding hydrogens is 434 g/mol. The van der Waals surface area contributed by atoms with E-state index in [4.69, 9.17) is 9.15 Å². The Labute approximate surface area is 195 Å². The van der Waals surface area contributed by atoms with E-state index in [1.807, 2.05) is 52.8 Å². The molecule has 3 heterocycles. The molecule has 0 saturated carbocycles. The van der Waals surface area contributed by atoms with E-state index in [0.717, 1.165) is 22.0 Å². The number of methoxy groups -OCH3 is 1. The van der Waals surface area contributed by atoms with Gasteiger partial charge < -0.3 is 19.0 Å². The first-order chi connectivity index (χ1) is 16.5. The summed E-state index contributed by atoms with van der Waals surface area (Å²) in [7, 11) is 1.56. The van der Waals surface area contributed by atoms with Crippen LogP contribution in [0.3, 0.4) is 0 Å². The molecule has 4 aromatic rings. The number of piperidine rings is 1. The number of fused-ring (bicyclic) bond motifs is 2. The molecule has 0 spiro atoms. The van der Waals surface area contributed by atoms with Crippen LogP contribution in [0.4, 0.5) is 0 Å². The number of benzene rings is 2. The average molecular weight is 462 g/mol. The number of aryl methyl sites for hydroxylation is 1. The number of hydrogen-bond donors (Lipinski definition) is 1. The number of nitrogens with zero attached hydrogens (tertiary/aromatic N) is 2. The van der Waals surface area contributed by atoms with Gasteiger partial charge in [0.2, 0.25) is 5.91 Å². The monoisotopic (exact) mass is 461 g/mol. The molecule has 34 heavy (non-hydrogen) atoms. The number of H-pyrrole nitrogens is 1. The van der Waals surface area contributed by atoms with Crippen molar-refractivity contribution in [2.45, 2.75) is 38.6 Å². The minimum atomic E-state index is -0.413. The van der Waals surface area contributed by atoms with Crippen LogP contribution in [0.2, 0.25) is 0 Å². The van der Waals surface area contributed by atoms with Crippen LogP contribution in [-0.4, -0.2) is 40.6 Å². The molecule has 0 atom stereocenters. The highest BCUT2D eigenvalue weighted by Gasteiger charge is 2.26. The van der Waals surface area contributed by atoms with E-state index in [1.54, 1.807) is 13.2 Å². The zero-order valence-corrected chi connectivity index (χ0v) is 19.3. The summed E-state index contributed by atoms with van der Waals surface area (Å²) < 4.78 is 12.5. The first kappa shape index (κ1) is 22.0. The number of carbonyl (C=O) groups is 1. The number of nitrogens with one attached hydrogen (secondary N) is 1. The fraction of sp³-hybridized carbons (Fsp3) is 0.346. The van der Waals surface area contributed by atoms with Crippen molar-refractivity contribution >= 4 is 27.9 Å². The first-order valence-corrected chi connectivity index (χ1v) is 11.5. The van der Waals surface area contributed by atoms with Crippen molar-refractivity contribution in [2.24, 2.45) is 0 Å². The van der Waals surface area contributed by atoms with Crippen molar-refractivity contribution in [2.75, 3.05) is 20.2 Å². The average Bonchev–Trinajstić information content (AvgIpc) is 3.19. The van der Waals surface area contributed by atoms with Gasteiger partial charge in [-0.25, -0.2) is 9.59 Å². The van der Waals surface area contributed by atoms with Gasteiger partial charge in [-0.15, -0.1) is 0 Å². The second-order valence-corrected chi connectivity index (χ2v) is 8.78. The van der Waals surface area contributed by atoms with Crippen molar-refractivity contribution in [3.05, 3.63) is 74.5 Å². The molecule has 8 heteroatoms. The number of aromatic nitrogens is 2. The number of likely N-dealkylation sites (tertiary alicyclic amines) is 1. The molecule has 0 unspecified atom stereocenters. The third-order valence-electron chi connectivity index (χ3n) is 6.89. The summed E-state index contributed by atoms with van der Waals surface area (Å²) in [5.74, 6) is 0.634. The molecule has 1 fully saturated rings. The molecule has 2 aromatic heterocycles. The number of carbonyl (C=O) groups excluding carboxylic acids is 1. The fourth-order valence-electron chi connectivity index (χ4n) is 4.99. The Morgan fingerprint density at radius 2 is 1.91 bits per heavy atom. The molecule has 176 valence electrons. The van der Waals surface area contributed by atoms with Crippen molar-refractivity contribution in [1.29, 1.82) is 0 Å². The standard InChI is InChI=1S/C26H27N3O5/c1-16-19-8-7-18(33-2)15-23(19)34-25(31)20(16)9-10-24(30)28-13-11-17(12-14-28)29-22-6-4-3-5-21(22)27-26(29)32/h3-8,15,17H,9-14H2,1-2H3,(H,27,32). The van der Waals surface area contributed by atoms with Crippen LogP contribution in [0.25, 0.3) is 22.0 Å². The Balaban J connectivity index is 1.26. The second-order valence-electron chi connectivity index (χ2n) is 8.78. The third-order valence-corrected chi connectivity index (χ3v) is 6.89. The van der Waals surface area contributed by atoms with Crippen molar-refractivity contribution < 1.29 is 13.9 Å². The van der Waals surface area contributed by atoms with Crippen LogP contribution in [0.1, 0.15) is 36.4 Å². The largest absolute Gasteiger partial charge is 0.497 e. The smallest absolute Gasteiger partial charge is 0.339 e. The summed E-state index contributed by atoms with van der Waals surface area (Å²) in [5.41, 5.74) is 3.05. The van der Waals surface area contributed by atoms with Gasteiger partial charge in [-0.3, -0.25) is 9.36 Å². The molecule has 1 amide bonds. The maximum Gasteiger partial charge on any atom is 0.339 e. The zero-order chi connectivity index (χ0) is 23.8. The minimum Gasteiger partial charge on any atom is -0.497 e. The Morgan fingerprint density at radius 1 is 1.15 bits per heavy atom. The van der Waals surface area contributed by atoms with E-state index in [2.05, 4.69) is 4.98 Å². The summed E-state index contributed by atoms with van der Waals surface area (Å²) in [4.78, 5) is 42.7. The van der Waals surface area contributed by atoms with Gasteiger partial charge in [-0.05, 0) is 56.0 Å². The molecule has 2 aromatic carbocycles. The maximum absolute atomic E-state index is 12.9. The molecule has 5 rings (SSSR count). The minimum absolute atomic E-state index is 0.0124. The van der Waals surface area contributed by atoms with Gasteiger partial charge in [0.15, 0.2) is 0 Å². The van der Waals surface area contributed by atoms with E-state index in [-0.39, 0.29) is 24.1 Å². The lowest BCUT2D eigenvalue weighted by atomic mass is 10.0. The second kappa shape index (κ2) is 8.85. The van der Waals surface area contributed by atoms with E-state index in [9.17, 15) is 14.4 Å². The molecule has 0 bridgehead atoms. The number of rotatable bonds is 5. The number of imidazole rings is 1. The molecule has 1 aliphatic heterocycles. The molecule has 1 N–H and O–H groups in total. The predicted octanol–water partition coefficient (Wildman–Crippen LogP) is 3.55. The van der Waals surface area contributed by atoms with Crippen LogP contribution < -0.4 is 16.1 Å². The van der Waals surface area contributed by atoms with Gasteiger partial charge in [0.25, 0.3) is 0 Å². The van der Waals surface area contributed by atoms with Crippen LogP contribution >= 0.6 is 0 Å². The summed E-state index contributed by atoms with van der Waals surface area (Å²) in [5, 5.41) is 0.841. The van der Waals surface area contributed by atoms with E-state index < -0.39 is 5.63 Å². The summed E-state index contributed by atoms with van der Waals surface area (Å²) in [6.45, 7) is 3.05. The highest BCUT2D eigenvalue weighted by atomic mass is 16.5. The highest BCUT2D eigenvalue weighted by molar-refractivity contribution is 5.83. The summed E-state index contributed by atoms with van der Waals surface area (Å²) in [6.07, 6.45) is 2.00. The molecule has 1 saturated heterocycles. The van der Waals surface area contributed by atoms with Crippen LogP contribution in [-0.2, 0) is 11.2 Å². The summed E-state index contributed by atoms with van der Waals surface area (Å²) in [6, 6.07) is 13.1. The van der Waals surface area contributed by atoms with E-state index in [1.165, 1.54) is 0 Å². The van der Waals surface area contributed by atoms with Crippen molar-refractivity contribution in [3.63, 3.8) is 0 Å². The Kier molecular flexibility index (Phi) is 5.73. The third kappa shape index (κ3) is 3.89. The highest BCUT2D eigenvalue weighted by Crippen LogP contribution is 2.27.